The van der Waals surface area contributed by atoms with Gasteiger partial charge in [0.05, 0.1) is 0 Å². The SMILES string of the molecule is O=C(CCCCCCCCCCCCCCCCCCCCCCCCCC(=S)S)NO. The third kappa shape index (κ3) is 27.9. The van der Waals surface area contributed by atoms with Crippen LogP contribution in [0.15, 0.2) is 0 Å². The van der Waals surface area contributed by atoms with Crippen LogP contribution in [-0.2, 0) is 4.79 Å². The second kappa shape index (κ2) is 27.1. The standard InChI is InChI=1S/C27H53NO2S2/c29-26(28-30)24-22-20-18-16-14-12-10-8-6-4-2-1-3-5-7-9-11-13-15-17-19-21-23-25-27(31)32/h30H,1-25H2,(H,28,29)(H,31,32). The van der Waals surface area contributed by atoms with Crippen LogP contribution in [0.2, 0.25) is 0 Å². The predicted octanol–water partition coefficient (Wildman–Crippen LogP) is 9.50. The average Bonchev–Trinajstić information content (AvgIpc) is 2.78. The molecule has 0 aromatic heterocycles. The molecule has 0 heterocycles. The summed E-state index contributed by atoms with van der Waals surface area (Å²) in [7, 11) is 0. The van der Waals surface area contributed by atoms with Gasteiger partial charge in [0.25, 0.3) is 0 Å². The van der Waals surface area contributed by atoms with Crippen LogP contribution < -0.4 is 5.48 Å². The van der Waals surface area contributed by atoms with E-state index in [1.165, 1.54) is 135 Å². The van der Waals surface area contributed by atoms with Gasteiger partial charge in [0.2, 0.25) is 5.91 Å². The van der Waals surface area contributed by atoms with E-state index in [1.54, 1.807) is 5.48 Å². The first kappa shape index (κ1) is 31.9. The number of thiol groups is 1. The van der Waals surface area contributed by atoms with Crippen LogP contribution in [0.5, 0.6) is 0 Å². The van der Waals surface area contributed by atoms with Gasteiger partial charge in [0.1, 0.15) is 0 Å². The number of carbonyl (C=O) groups is 1. The number of nitrogens with one attached hydrogen (secondary N) is 1. The molecule has 0 saturated carbocycles. The normalized spacial score (nSPS) is 11.1. The number of hydroxylamine groups is 1. The van der Waals surface area contributed by atoms with Gasteiger partial charge in [-0.15, -0.1) is 12.6 Å². The number of amides is 1. The molecule has 0 aromatic carbocycles. The lowest BCUT2D eigenvalue weighted by Gasteiger charge is -2.04. The van der Waals surface area contributed by atoms with Crippen molar-refractivity contribution in [3.8, 4) is 0 Å². The van der Waals surface area contributed by atoms with Gasteiger partial charge in [0, 0.05) is 10.6 Å². The highest BCUT2D eigenvalue weighted by molar-refractivity contribution is 8.11. The number of unbranched alkanes of at least 4 members (excludes halogenated alkanes) is 22. The molecule has 0 aliphatic rings. The largest absolute Gasteiger partial charge is 0.289 e. The molecule has 32 heavy (non-hydrogen) atoms. The molecule has 0 aromatic rings. The Kier molecular flexibility index (Phi) is 27.0. The van der Waals surface area contributed by atoms with Crippen molar-refractivity contribution in [2.45, 2.75) is 161 Å². The van der Waals surface area contributed by atoms with Crippen molar-refractivity contribution in [1.82, 2.24) is 5.48 Å². The Hall–Kier alpha value is -0.130. The van der Waals surface area contributed by atoms with Crippen molar-refractivity contribution < 1.29 is 10.0 Å². The molecule has 0 saturated heterocycles. The van der Waals surface area contributed by atoms with E-state index in [2.05, 4.69) is 12.6 Å². The van der Waals surface area contributed by atoms with Crippen LogP contribution in [0.25, 0.3) is 0 Å². The summed E-state index contributed by atoms with van der Waals surface area (Å²) in [6.45, 7) is 0. The molecular weight excluding hydrogens is 434 g/mol. The van der Waals surface area contributed by atoms with E-state index >= 15 is 0 Å². The lowest BCUT2D eigenvalue weighted by Crippen LogP contribution is -2.17. The molecule has 0 spiro atoms. The number of hydrogen-bond acceptors (Lipinski definition) is 3. The number of carbonyl (C=O) groups excluding carboxylic acids is 1. The second-order valence-electron chi connectivity index (χ2n) is 9.56. The Labute approximate surface area is 210 Å². The molecule has 190 valence electrons. The smallest absolute Gasteiger partial charge is 0.243 e. The van der Waals surface area contributed by atoms with E-state index in [0.717, 1.165) is 23.5 Å². The predicted molar refractivity (Wildman–Crippen MR) is 147 cm³/mol. The zero-order valence-electron chi connectivity index (χ0n) is 20.9. The zero-order chi connectivity index (χ0) is 23.5. The van der Waals surface area contributed by atoms with Gasteiger partial charge in [0.15, 0.2) is 0 Å². The van der Waals surface area contributed by atoms with E-state index in [1.807, 2.05) is 0 Å². The van der Waals surface area contributed by atoms with Crippen molar-refractivity contribution in [3.05, 3.63) is 0 Å². The Bertz CT molecular complexity index is 418. The topological polar surface area (TPSA) is 49.3 Å². The van der Waals surface area contributed by atoms with Gasteiger partial charge in [-0.1, -0.05) is 147 Å². The summed E-state index contributed by atoms with van der Waals surface area (Å²) < 4.78 is 0.866. The maximum Gasteiger partial charge on any atom is 0.243 e. The summed E-state index contributed by atoms with van der Waals surface area (Å²) in [4.78, 5) is 10.9. The molecule has 0 aliphatic carbocycles. The van der Waals surface area contributed by atoms with Gasteiger partial charge < -0.3 is 0 Å². The number of thiocarbonyl (C=S) groups is 1. The molecular formula is C27H53NO2S2. The van der Waals surface area contributed by atoms with Crippen molar-refractivity contribution in [2.24, 2.45) is 0 Å². The lowest BCUT2D eigenvalue weighted by molar-refractivity contribution is -0.129. The van der Waals surface area contributed by atoms with Gasteiger partial charge in [-0.25, -0.2) is 5.48 Å². The fourth-order valence-corrected chi connectivity index (χ4v) is 4.63. The fourth-order valence-electron chi connectivity index (χ4n) is 4.33. The van der Waals surface area contributed by atoms with Crippen LogP contribution in [0.4, 0.5) is 0 Å². The van der Waals surface area contributed by atoms with Crippen LogP contribution >= 0.6 is 24.8 Å². The van der Waals surface area contributed by atoms with Crippen LogP contribution in [0.3, 0.4) is 0 Å². The second-order valence-corrected chi connectivity index (χ2v) is 10.9. The molecule has 5 heteroatoms. The van der Waals surface area contributed by atoms with Crippen molar-refractivity contribution in [2.75, 3.05) is 0 Å². The Morgan fingerprint density at radius 3 is 0.938 bits per heavy atom. The summed E-state index contributed by atoms with van der Waals surface area (Å²) in [6.07, 6.45) is 32.5. The lowest BCUT2D eigenvalue weighted by atomic mass is 10.0. The number of hydrogen-bond donors (Lipinski definition) is 3. The van der Waals surface area contributed by atoms with Gasteiger partial charge in [-0.3, -0.25) is 10.0 Å². The molecule has 2 N–H and O–H groups in total. The molecule has 0 unspecified atom stereocenters. The van der Waals surface area contributed by atoms with E-state index in [9.17, 15) is 4.79 Å². The van der Waals surface area contributed by atoms with Gasteiger partial charge >= 0.3 is 0 Å². The van der Waals surface area contributed by atoms with Crippen molar-refractivity contribution >= 4 is 35.0 Å². The minimum Gasteiger partial charge on any atom is -0.289 e. The highest BCUT2D eigenvalue weighted by Gasteiger charge is 1.99. The number of rotatable bonds is 26. The van der Waals surface area contributed by atoms with E-state index in [0.29, 0.717) is 6.42 Å². The minimum absolute atomic E-state index is 0.260. The highest BCUT2D eigenvalue weighted by atomic mass is 32.1. The quantitative estimate of drug-likeness (QED) is 0.0374. The third-order valence-corrected chi connectivity index (χ3v) is 6.85. The summed E-state index contributed by atoms with van der Waals surface area (Å²) in [6, 6.07) is 0. The van der Waals surface area contributed by atoms with Crippen LogP contribution in [-0.4, -0.2) is 15.3 Å². The van der Waals surface area contributed by atoms with Crippen molar-refractivity contribution in [3.63, 3.8) is 0 Å². The summed E-state index contributed by atoms with van der Waals surface area (Å²) >= 11 is 9.16. The Morgan fingerprint density at radius 1 is 0.500 bits per heavy atom. The molecule has 0 bridgehead atoms. The molecule has 0 radical (unpaired) electrons. The molecule has 0 aliphatic heterocycles. The van der Waals surface area contributed by atoms with Gasteiger partial charge in [-0.05, 0) is 19.3 Å². The van der Waals surface area contributed by atoms with Crippen LogP contribution in [0, 0.1) is 0 Å². The molecule has 0 rings (SSSR count). The highest BCUT2D eigenvalue weighted by Crippen LogP contribution is 2.16. The molecule has 0 fully saturated rings. The van der Waals surface area contributed by atoms with E-state index in [4.69, 9.17) is 17.4 Å². The summed E-state index contributed by atoms with van der Waals surface area (Å²) in [5.74, 6) is -0.260. The molecule has 1 amide bonds. The molecule has 0 atom stereocenters. The van der Waals surface area contributed by atoms with Crippen molar-refractivity contribution in [1.29, 1.82) is 0 Å². The van der Waals surface area contributed by atoms with Crippen LogP contribution in [0.1, 0.15) is 161 Å². The first-order chi connectivity index (χ1) is 15.7. The maximum atomic E-state index is 10.9. The monoisotopic (exact) mass is 487 g/mol. The fraction of sp³-hybridized carbons (Fsp3) is 0.926. The Balaban J connectivity index is 3.04. The summed E-state index contributed by atoms with van der Waals surface area (Å²) in [5, 5.41) is 8.42. The average molecular weight is 488 g/mol. The third-order valence-electron chi connectivity index (χ3n) is 6.42. The first-order valence-corrected chi connectivity index (χ1v) is 14.7. The first-order valence-electron chi connectivity index (χ1n) is 13.8. The van der Waals surface area contributed by atoms with E-state index < -0.39 is 0 Å². The maximum absolute atomic E-state index is 10.9. The molecule has 3 nitrogen and oxygen atoms in total. The van der Waals surface area contributed by atoms with E-state index in [-0.39, 0.29) is 5.91 Å². The minimum atomic E-state index is -0.260. The Morgan fingerprint density at radius 2 is 0.719 bits per heavy atom. The van der Waals surface area contributed by atoms with Gasteiger partial charge in [-0.2, -0.15) is 0 Å². The summed E-state index contributed by atoms with van der Waals surface area (Å²) in [5.41, 5.74) is 1.69. The zero-order valence-corrected chi connectivity index (χ0v) is 22.6.